The summed E-state index contributed by atoms with van der Waals surface area (Å²) in [7, 11) is 0. The first-order valence-electron chi connectivity index (χ1n) is 11.6. The van der Waals surface area contributed by atoms with Crippen molar-refractivity contribution in [1.82, 2.24) is 15.5 Å². The molecule has 3 unspecified atom stereocenters. The summed E-state index contributed by atoms with van der Waals surface area (Å²) >= 11 is 0. The van der Waals surface area contributed by atoms with Crippen molar-refractivity contribution in [2.24, 2.45) is 5.92 Å². The summed E-state index contributed by atoms with van der Waals surface area (Å²) in [6, 6.07) is 4.62. The average Bonchev–Trinajstić information content (AvgIpc) is 2.74. The molecular weight excluding hydrogens is 434 g/mol. The Morgan fingerprint density at radius 1 is 1.12 bits per heavy atom. The fourth-order valence-electron chi connectivity index (χ4n) is 3.37. The van der Waals surface area contributed by atoms with Crippen molar-refractivity contribution in [2.45, 2.75) is 78.6 Å². The Balaban J connectivity index is 3.46. The number of benzene rings is 1. The zero-order valence-electron chi connectivity index (χ0n) is 21.3. The van der Waals surface area contributed by atoms with Gasteiger partial charge in [0.05, 0.1) is 6.61 Å². The minimum Gasteiger partial charge on any atom is -0.444 e. The minimum absolute atomic E-state index is 0.102. The molecule has 34 heavy (non-hydrogen) atoms. The van der Waals surface area contributed by atoms with Crippen molar-refractivity contribution >= 4 is 17.9 Å². The smallest absolute Gasteiger partial charge is 0.408 e. The van der Waals surface area contributed by atoms with Crippen LogP contribution in [0.25, 0.3) is 0 Å². The van der Waals surface area contributed by atoms with Crippen molar-refractivity contribution in [3.05, 3.63) is 35.4 Å². The normalized spacial score (nSPS) is 13.9. The Labute approximate surface area is 203 Å². The summed E-state index contributed by atoms with van der Waals surface area (Å²) in [4.78, 5) is 40.9. The van der Waals surface area contributed by atoms with Crippen LogP contribution < -0.4 is 10.6 Å². The third kappa shape index (κ3) is 8.71. The van der Waals surface area contributed by atoms with Gasteiger partial charge in [-0.25, -0.2) is 4.79 Å². The van der Waals surface area contributed by atoms with Crippen molar-refractivity contribution < 1.29 is 24.2 Å². The van der Waals surface area contributed by atoms with E-state index in [9.17, 15) is 19.5 Å². The molecule has 0 aliphatic heterocycles. The molecule has 0 aliphatic carbocycles. The van der Waals surface area contributed by atoms with Gasteiger partial charge in [-0.1, -0.05) is 38.3 Å². The second-order valence-electron chi connectivity index (χ2n) is 9.60. The second kappa shape index (κ2) is 13.0. The van der Waals surface area contributed by atoms with E-state index in [0.717, 1.165) is 0 Å². The van der Waals surface area contributed by atoms with Crippen LogP contribution in [0.15, 0.2) is 24.3 Å². The number of nitrogens with zero attached hydrogens (tertiary/aromatic N) is 1. The molecule has 3 amide bonds. The number of aliphatic hydroxyl groups is 1. The molecule has 1 rings (SSSR count). The number of nitrogens with one attached hydrogen (secondary N) is 2. The lowest BCUT2D eigenvalue weighted by Gasteiger charge is -2.36. The molecule has 3 N–H and O–H groups in total. The van der Waals surface area contributed by atoms with Crippen LogP contribution >= 0.6 is 0 Å². The van der Waals surface area contributed by atoms with Crippen LogP contribution in [0.1, 0.15) is 72.1 Å². The van der Waals surface area contributed by atoms with E-state index in [-0.39, 0.29) is 25.1 Å². The van der Waals surface area contributed by atoms with Crippen molar-refractivity contribution in [3.8, 4) is 12.3 Å². The SMILES string of the molecule is C#Cc1ccc(C(C(=O)NC(C)C)N(CCO)C(=O)C(NC(=O)OC(C)(C)C)C(C)CC)cc1. The highest BCUT2D eigenvalue weighted by Gasteiger charge is 2.38. The van der Waals surface area contributed by atoms with Gasteiger partial charge in [0.15, 0.2) is 0 Å². The van der Waals surface area contributed by atoms with E-state index >= 15 is 0 Å². The van der Waals surface area contributed by atoms with Gasteiger partial charge >= 0.3 is 6.09 Å². The van der Waals surface area contributed by atoms with Gasteiger partial charge in [0, 0.05) is 18.2 Å². The first kappa shape index (κ1) is 29.0. The van der Waals surface area contributed by atoms with E-state index in [2.05, 4.69) is 16.6 Å². The summed E-state index contributed by atoms with van der Waals surface area (Å²) in [5, 5.41) is 15.3. The number of rotatable bonds is 10. The zero-order chi connectivity index (χ0) is 26.1. The fourth-order valence-corrected chi connectivity index (χ4v) is 3.37. The summed E-state index contributed by atoms with van der Waals surface area (Å²) < 4.78 is 5.36. The van der Waals surface area contributed by atoms with Crippen LogP contribution in [0.4, 0.5) is 4.79 Å². The van der Waals surface area contributed by atoms with Crippen LogP contribution in [0.2, 0.25) is 0 Å². The molecule has 0 aliphatic rings. The molecule has 1 aromatic carbocycles. The number of carbonyl (C=O) groups excluding carboxylic acids is 3. The number of terminal acetylenes is 1. The van der Waals surface area contributed by atoms with Crippen LogP contribution in [0.5, 0.6) is 0 Å². The number of hydrogen-bond acceptors (Lipinski definition) is 5. The number of amides is 3. The van der Waals surface area contributed by atoms with Gasteiger partial charge < -0.3 is 25.4 Å². The molecular formula is C26H39N3O5. The van der Waals surface area contributed by atoms with Crippen LogP contribution in [0.3, 0.4) is 0 Å². The van der Waals surface area contributed by atoms with Gasteiger partial charge in [0.2, 0.25) is 11.8 Å². The largest absolute Gasteiger partial charge is 0.444 e. The van der Waals surface area contributed by atoms with Crippen LogP contribution in [-0.2, 0) is 14.3 Å². The second-order valence-corrected chi connectivity index (χ2v) is 9.60. The summed E-state index contributed by atoms with van der Waals surface area (Å²) in [5.41, 5.74) is 0.436. The van der Waals surface area contributed by atoms with Gasteiger partial charge in [-0.05, 0) is 58.2 Å². The Hall–Kier alpha value is -3.05. The lowest BCUT2D eigenvalue weighted by molar-refractivity contribution is -0.144. The number of aliphatic hydroxyl groups excluding tert-OH is 1. The topological polar surface area (TPSA) is 108 Å². The predicted octanol–water partition coefficient (Wildman–Crippen LogP) is 2.99. The van der Waals surface area contributed by atoms with E-state index < -0.39 is 35.6 Å². The molecule has 8 nitrogen and oxygen atoms in total. The molecule has 1 aromatic rings. The first-order chi connectivity index (χ1) is 15.8. The third-order valence-electron chi connectivity index (χ3n) is 5.16. The number of ether oxygens (including phenoxy) is 1. The average molecular weight is 474 g/mol. The van der Waals surface area contributed by atoms with Gasteiger partial charge in [0.1, 0.15) is 17.7 Å². The van der Waals surface area contributed by atoms with Crippen LogP contribution in [0, 0.1) is 18.3 Å². The molecule has 0 radical (unpaired) electrons. The molecule has 0 aromatic heterocycles. The third-order valence-corrected chi connectivity index (χ3v) is 5.16. The molecule has 188 valence electrons. The highest BCUT2D eigenvalue weighted by atomic mass is 16.6. The standard InChI is InChI=1S/C26H39N3O5/c1-9-18(5)21(28-25(33)34-26(6,7)8)24(32)29(15-16-30)22(23(31)27-17(3)4)20-13-11-19(10-2)12-14-20/h2,11-14,17-18,21-22,30H,9,15-16H2,1,3-8H3,(H,27,31)(H,28,33). The molecule has 0 heterocycles. The fraction of sp³-hybridized carbons (Fsp3) is 0.577. The van der Waals surface area contributed by atoms with E-state index in [4.69, 9.17) is 11.2 Å². The molecule has 0 fully saturated rings. The van der Waals surface area contributed by atoms with E-state index in [1.807, 2.05) is 27.7 Å². The molecule has 8 heteroatoms. The van der Waals surface area contributed by atoms with Crippen molar-refractivity contribution in [1.29, 1.82) is 0 Å². The molecule has 0 saturated carbocycles. The van der Waals surface area contributed by atoms with Gasteiger partial charge in [-0.3, -0.25) is 9.59 Å². The summed E-state index contributed by atoms with van der Waals surface area (Å²) in [6.07, 6.45) is 5.33. The first-order valence-corrected chi connectivity index (χ1v) is 11.6. The quantitative estimate of drug-likeness (QED) is 0.453. The van der Waals surface area contributed by atoms with Crippen molar-refractivity contribution in [2.75, 3.05) is 13.2 Å². The maximum absolute atomic E-state index is 13.8. The maximum atomic E-state index is 13.8. The number of alkyl carbamates (subject to hydrolysis) is 1. The Morgan fingerprint density at radius 3 is 2.15 bits per heavy atom. The lowest BCUT2D eigenvalue weighted by Crippen LogP contribution is -2.56. The van der Waals surface area contributed by atoms with Gasteiger partial charge in [-0.2, -0.15) is 0 Å². The van der Waals surface area contributed by atoms with E-state index in [1.165, 1.54) is 4.90 Å². The lowest BCUT2D eigenvalue weighted by atomic mass is 9.95. The Bertz CT molecular complexity index is 868. The van der Waals surface area contributed by atoms with Gasteiger partial charge in [0.25, 0.3) is 0 Å². The Kier molecular flexibility index (Phi) is 11.1. The van der Waals surface area contributed by atoms with E-state index in [0.29, 0.717) is 17.5 Å². The molecule has 3 atom stereocenters. The summed E-state index contributed by atoms with van der Waals surface area (Å²) in [6.45, 7) is 12.1. The number of carbonyl (C=O) groups is 3. The summed E-state index contributed by atoms with van der Waals surface area (Å²) in [5.74, 6) is 1.39. The monoisotopic (exact) mass is 473 g/mol. The Morgan fingerprint density at radius 2 is 1.71 bits per heavy atom. The predicted molar refractivity (Wildman–Crippen MR) is 132 cm³/mol. The molecule has 0 bridgehead atoms. The molecule has 0 saturated heterocycles. The van der Waals surface area contributed by atoms with Crippen molar-refractivity contribution in [3.63, 3.8) is 0 Å². The minimum atomic E-state index is -1.03. The van der Waals surface area contributed by atoms with Crippen LogP contribution in [-0.4, -0.2) is 58.8 Å². The highest BCUT2D eigenvalue weighted by molar-refractivity contribution is 5.92. The maximum Gasteiger partial charge on any atom is 0.408 e. The highest BCUT2D eigenvalue weighted by Crippen LogP contribution is 2.25. The van der Waals surface area contributed by atoms with E-state index in [1.54, 1.807) is 45.0 Å². The number of hydrogen-bond donors (Lipinski definition) is 3. The van der Waals surface area contributed by atoms with Gasteiger partial charge in [-0.15, -0.1) is 6.42 Å². The zero-order valence-corrected chi connectivity index (χ0v) is 21.3. The molecule has 0 spiro atoms.